The van der Waals surface area contributed by atoms with Gasteiger partial charge in [0, 0.05) is 7.05 Å². The van der Waals surface area contributed by atoms with Gasteiger partial charge >= 0.3 is 0 Å². The first kappa shape index (κ1) is 14.1. The molecule has 0 atom stereocenters. The summed E-state index contributed by atoms with van der Waals surface area (Å²) < 4.78 is 11.9. The Morgan fingerprint density at radius 2 is 2.10 bits per heavy atom. The molecule has 0 aliphatic heterocycles. The van der Waals surface area contributed by atoms with Crippen molar-refractivity contribution in [2.45, 2.75) is 0 Å². The smallest absolute Gasteiger partial charge is 0.232 e. The predicted molar refractivity (Wildman–Crippen MR) is 87.7 cm³/mol. The number of hydrogen-bond acceptors (Lipinski definition) is 6. The summed E-state index contributed by atoms with van der Waals surface area (Å²) in [6, 6.07) is 7.47. The third-order valence-corrected chi connectivity index (χ3v) is 4.29. The maximum absolute atomic E-state index is 5.94. The molecule has 1 N–H and O–H groups in total. The van der Waals surface area contributed by atoms with Gasteiger partial charge in [-0.2, -0.15) is 4.98 Å². The Balaban J connectivity index is 2.03. The Morgan fingerprint density at radius 3 is 2.81 bits per heavy atom. The zero-order valence-electron chi connectivity index (χ0n) is 11.4. The van der Waals surface area contributed by atoms with E-state index < -0.39 is 0 Å². The van der Waals surface area contributed by atoms with Crippen molar-refractivity contribution in [3.63, 3.8) is 0 Å². The summed E-state index contributed by atoms with van der Waals surface area (Å²) in [6.07, 6.45) is 0. The Bertz CT molecular complexity index is 791. The van der Waals surface area contributed by atoms with E-state index in [0.717, 1.165) is 20.4 Å². The minimum atomic E-state index is 0.525. The largest absolute Gasteiger partial charge is 0.497 e. The maximum atomic E-state index is 5.94. The molecule has 0 radical (unpaired) electrons. The average molecular weight is 366 g/mol. The van der Waals surface area contributed by atoms with Crippen LogP contribution in [0.1, 0.15) is 0 Å². The van der Waals surface area contributed by atoms with Crippen LogP contribution < -0.4 is 14.8 Å². The molecule has 3 aromatic rings. The second-order valence-corrected chi connectivity index (χ2v) is 5.89. The van der Waals surface area contributed by atoms with Crippen molar-refractivity contribution in [3.05, 3.63) is 34.1 Å². The van der Waals surface area contributed by atoms with Crippen LogP contribution in [0.5, 0.6) is 17.4 Å². The van der Waals surface area contributed by atoms with Gasteiger partial charge in [0.1, 0.15) is 16.3 Å². The van der Waals surface area contributed by atoms with E-state index in [4.69, 9.17) is 9.47 Å². The van der Waals surface area contributed by atoms with E-state index in [-0.39, 0.29) is 0 Å². The van der Waals surface area contributed by atoms with E-state index in [1.54, 1.807) is 25.5 Å². The number of methoxy groups -OCH3 is 1. The van der Waals surface area contributed by atoms with Crippen molar-refractivity contribution in [2.75, 3.05) is 19.5 Å². The van der Waals surface area contributed by atoms with Gasteiger partial charge in [-0.1, -0.05) is 0 Å². The van der Waals surface area contributed by atoms with Crippen LogP contribution in [-0.2, 0) is 0 Å². The van der Waals surface area contributed by atoms with Crippen molar-refractivity contribution < 1.29 is 9.47 Å². The van der Waals surface area contributed by atoms with E-state index in [1.165, 1.54) is 0 Å². The van der Waals surface area contributed by atoms with Crippen molar-refractivity contribution in [1.29, 1.82) is 0 Å². The highest BCUT2D eigenvalue weighted by Crippen LogP contribution is 2.36. The molecular weight excluding hydrogens is 354 g/mol. The predicted octanol–water partition coefficient (Wildman–Crippen LogP) is 4.30. The third kappa shape index (κ3) is 2.79. The molecule has 21 heavy (non-hydrogen) atoms. The minimum Gasteiger partial charge on any atom is -0.497 e. The Morgan fingerprint density at radius 1 is 1.24 bits per heavy atom. The van der Waals surface area contributed by atoms with E-state index in [2.05, 4.69) is 31.2 Å². The number of nitrogens with zero attached hydrogens (tertiary/aromatic N) is 2. The van der Waals surface area contributed by atoms with Crippen molar-refractivity contribution in [2.24, 2.45) is 0 Å². The van der Waals surface area contributed by atoms with Crippen LogP contribution in [0, 0.1) is 0 Å². The molecule has 2 heterocycles. The molecule has 0 spiro atoms. The number of rotatable bonds is 4. The summed E-state index contributed by atoms with van der Waals surface area (Å²) >= 11 is 5.02. The van der Waals surface area contributed by atoms with Crippen LogP contribution in [0.3, 0.4) is 0 Å². The van der Waals surface area contributed by atoms with Gasteiger partial charge in [-0.3, -0.25) is 0 Å². The second kappa shape index (κ2) is 5.87. The van der Waals surface area contributed by atoms with Crippen LogP contribution in [0.25, 0.3) is 10.2 Å². The molecule has 0 aliphatic carbocycles. The van der Waals surface area contributed by atoms with E-state index in [1.807, 2.05) is 29.6 Å². The van der Waals surface area contributed by atoms with Gasteiger partial charge in [0.05, 0.1) is 17.0 Å². The first-order valence-corrected chi connectivity index (χ1v) is 7.83. The monoisotopic (exact) mass is 365 g/mol. The summed E-state index contributed by atoms with van der Waals surface area (Å²) in [6.45, 7) is 0. The molecule has 2 aromatic heterocycles. The molecule has 0 amide bonds. The van der Waals surface area contributed by atoms with Gasteiger partial charge in [0.25, 0.3) is 0 Å². The zero-order valence-corrected chi connectivity index (χ0v) is 13.8. The fourth-order valence-corrected chi connectivity index (χ4v) is 3.01. The van der Waals surface area contributed by atoms with E-state index >= 15 is 0 Å². The molecule has 0 bridgehead atoms. The number of ether oxygens (including phenoxy) is 2. The van der Waals surface area contributed by atoms with Gasteiger partial charge < -0.3 is 14.8 Å². The first-order chi connectivity index (χ1) is 10.2. The number of halogens is 1. The first-order valence-electron chi connectivity index (χ1n) is 6.15. The molecule has 7 heteroatoms. The van der Waals surface area contributed by atoms with Gasteiger partial charge in [-0.05, 0) is 45.6 Å². The third-order valence-electron chi connectivity index (χ3n) is 2.86. The number of aromatic nitrogens is 2. The fraction of sp³-hybridized carbons (Fsp3) is 0.143. The van der Waals surface area contributed by atoms with Crippen molar-refractivity contribution >= 4 is 43.4 Å². The molecule has 1 aromatic carbocycles. The number of hydrogen-bond donors (Lipinski definition) is 1. The lowest BCUT2D eigenvalue weighted by Gasteiger charge is -2.10. The number of anilines is 1. The molecule has 0 unspecified atom stereocenters. The Labute approximate surface area is 134 Å². The Kier molecular flexibility index (Phi) is 3.94. The number of benzene rings is 1. The van der Waals surface area contributed by atoms with E-state index in [9.17, 15) is 0 Å². The van der Waals surface area contributed by atoms with Gasteiger partial charge in [-0.15, -0.1) is 11.3 Å². The maximum Gasteiger partial charge on any atom is 0.232 e. The van der Waals surface area contributed by atoms with Crippen LogP contribution in [0.2, 0.25) is 0 Å². The molecule has 0 aliphatic rings. The fourth-order valence-electron chi connectivity index (χ4n) is 1.81. The minimum absolute atomic E-state index is 0.525. The van der Waals surface area contributed by atoms with Crippen LogP contribution in [0.15, 0.2) is 34.1 Å². The number of thiophene rings is 1. The second-order valence-electron chi connectivity index (χ2n) is 4.14. The summed E-state index contributed by atoms with van der Waals surface area (Å²) in [5.41, 5.74) is 0. The van der Waals surface area contributed by atoms with Crippen LogP contribution in [-0.4, -0.2) is 24.1 Å². The van der Waals surface area contributed by atoms with Crippen molar-refractivity contribution in [1.82, 2.24) is 9.97 Å². The topological polar surface area (TPSA) is 56.3 Å². The SMILES string of the molecule is CNc1nc(Oc2ccc(OC)cc2Br)c2ccsc2n1. The van der Waals surface area contributed by atoms with Gasteiger partial charge in [0.2, 0.25) is 11.8 Å². The summed E-state index contributed by atoms with van der Waals surface area (Å²) in [5, 5.41) is 5.80. The van der Waals surface area contributed by atoms with Crippen molar-refractivity contribution in [3.8, 4) is 17.4 Å². The van der Waals surface area contributed by atoms with Crippen LogP contribution >= 0.6 is 27.3 Å². The van der Waals surface area contributed by atoms with E-state index in [0.29, 0.717) is 17.6 Å². The quantitative estimate of drug-likeness (QED) is 0.746. The number of nitrogens with one attached hydrogen (secondary N) is 1. The molecular formula is C14H12BrN3O2S. The average Bonchev–Trinajstić information content (AvgIpc) is 2.97. The van der Waals surface area contributed by atoms with Gasteiger partial charge in [-0.25, -0.2) is 4.98 Å². The summed E-state index contributed by atoms with van der Waals surface area (Å²) in [7, 11) is 3.41. The lowest BCUT2D eigenvalue weighted by molar-refractivity contribution is 0.411. The highest BCUT2D eigenvalue weighted by molar-refractivity contribution is 9.10. The lowest BCUT2D eigenvalue weighted by atomic mass is 10.3. The van der Waals surface area contributed by atoms with Crippen LogP contribution in [0.4, 0.5) is 5.95 Å². The zero-order chi connectivity index (χ0) is 14.8. The standard InChI is InChI=1S/C14H12BrN3O2S/c1-16-14-17-12(9-5-6-21-13(9)18-14)20-11-4-3-8(19-2)7-10(11)15/h3-7H,1-2H3,(H,16,17,18). The summed E-state index contributed by atoms with van der Waals surface area (Å²) in [4.78, 5) is 9.65. The number of fused-ring (bicyclic) bond motifs is 1. The molecule has 0 saturated carbocycles. The Hall–Kier alpha value is -1.86. The summed E-state index contributed by atoms with van der Waals surface area (Å²) in [5.74, 6) is 2.48. The lowest BCUT2D eigenvalue weighted by Crippen LogP contribution is -1.98. The normalized spacial score (nSPS) is 10.6. The van der Waals surface area contributed by atoms with Gasteiger partial charge in [0.15, 0.2) is 0 Å². The molecule has 3 rings (SSSR count). The highest BCUT2D eigenvalue weighted by Gasteiger charge is 2.12. The molecule has 0 saturated heterocycles. The molecule has 0 fully saturated rings. The highest BCUT2D eigenvalue weighted by atomic mass is 79.9. The molecule has 5 nitrogen and oxygen atoms in total. The molecule has 108 valence electrons.